The van der Waals surface area contributed by atoms with Gasteiger partial charge in [0.15, 0.2) is 5.69 Å². The van der Waals surface area contributed by atoms with Gasteiger partial charge in [0, 0.05) is 0 Å². The molecule has 1 aromatic rings. The van der Waals surface area contributed by atoms with Crippen LogP contribution >= 0.6 is 0 Å². The third-order valence-electron chi connectivity index (χ3n) is 5.39. The van der Waals surface area contributed by atoms with Gasteiger partial charge in [0.2, 0.25) is 0 Å². The Kier molecular flexibility index (Phi) is 4.34. The van der Waals surface area contributed by atoms with Gasteiger partial charge in [-0.25, -0.2) is 4.98 Å². The van der Waals surface area contributed by atoms with Crippen molar-refractivity contribution in [2.75, 3.05) is 0 Å². The van der Waals surface area contributed by atoms with Crippen LogP contribution in [-0.4, -0.2) is 28.3 Å². The quantitative estimate of drug-likeness (QED) is 0.770. The SMILES string of the molecule is Cc1nc(C)c(C2=CC=C(B3OC(C)(C)C(C)(C)O3)CC2)nc1C#N. The van der Waals surface area contributed by atoms with Crippen LogP contribution in [0.1, 0.15) is 63.3 Å². The molecule has 1 saturated heterocycles. The predicted molar refractivity (Wildman–Crippen MR) is 97.6 cm³/mol. The van der Waals surface area contributed by atoms with E-state index in [0.29, 0.717) is 11.4 Å². The van der Waals surface area contributed by atoms with Crippen molar-refractivity contribution in [3.8, 4) is 6.07 Å². The van der Waals surface area contributed by atoms with Crippen molar-refractivity contribution in [1.29, 1.82) is 5.26 Å². The van der Waals surface area contributed by atoms with E-state index in [2.05, 4.69) is 55.9 Å². The van der Waals surface area contributed by atoms with Crippen LogP contribution < -0.4 is 0 Å². The van der Waals surface area contributed by atoms with Gasteiger partial charge in [-0.3, -0.25) is 4.98 Å². The Labute approximate surface area is 149 Å². The van der Waals surface area contributed by atoms with Crippen LogP contribution in [0.3, 0.4) is 0 Å². The summed E-state index contributed by atoms with van der Waals surface area (Å²) in [6.45, 7) is 12.0. The fourth-order valence-electron chi connectivity index (χ4n) is 3.08. The Morgan fingerprint density at radius 1 is 1.00 bits per heavy atom. The first-order chi connectivity index (χ1) is 11.6. The van der Waals surface area contributed by atoms with Gasteiger partial charge in [0.1, 0.15) is 6.07 Å². The zero-order valence-corrected chi connectivity index (χ0v) is 15.8. The Hall–Kier alpha value is -1.97. The molecule has 1 fully saturated rings. The maximum absolute atomic E-state index is 9.20. The fraction of sp³-hybridized carbons (Fsp3) is 0.526. The summed E-state index contributed by atoms with van der Waals surface area (Å²) >= 11 is 0. The van der Waals surface area contributed by atoms with Crippen molar-refractivity contribution >= 4 is 12.7 Å². The van der Waals surface area contributed by atoms with E-state index >= 15 is 0 Å². The summed E-state index contributed by atoms with van der Waals surface area (Å²) in [7, 11) is -0.303. The lowest BCUT2D eigenvalue weighted by molar-refractivity contribution is 0.00578. The third-order valence-corrected chi connectivity index (χ3v) is 5.39. The van der Waals surface area contributed by atoms with E-state index in [0.717, 1.165) is 35.3 Å². The first-order valence-corrected chi connectivity index (χ1v) is 8.65. The second kappa shape index (κ2) is 6.08. The van der Waals surface area contributed by atoms with E-state index in [4.69, 9.17) is 9.31 Å². The van der Waals surface area contributed by atoms with Gasteiger partial charge < -0.3 is 9.31 Å². The molecule has 0 spiro atoms. The van der Waals surface area contributed by atoms with E-state index in [1.54, 1.807) is 0 Å². The van der Waals surface area contributed by atoms with E-state index in [-0.39, 0.29) is 18.3 Å². The summed E-state index contributed by atoms with van der Waals surface area (Å²) in [5.41, 5.74) is 4.31. The van der Waals surface area contributed by atoms with Gasteiger partial charge in [-0.1, -0.05) is 12.2 Å². The molecule has 0 amide bonds. The summed E-state index contributed by atoms with van der Waals surface area (Å²) in [6.07, 6.45) is 5.80. The van der Waals surface area contributed by atoms with E-state index in [1.807, 2.05) is 13.8 Å². The maximum Gasteiger partial charge on any atom is 0.490 e. The van der Waals surface area contributed by atoms with Crippen LogP contribution in [0, 0.1) is 25.2 Å². The van der Waals surface area contributed by atoms with E-state index < -0.39 is 0 Å². The van der Waals surface area contributed by atoms with Crippen molar-refractivity contribution < 1.29 is 9.31 Å². The van der Waals surface area contributed by atoms with Crippen LogP contribution in [0.15, 0.2) is 17.6 Å². The smallest absolute Gasteiger partial charge is 0.400 e. The molecule has 6 heteroatoms. The fourth-order valence-corrected chi connectivity index (χ4v) is 3.08. The molecule has 3 rings (SSSR count). The molecule has 1 aromatic heterocycles. The molecule has 1 aliphatic carbocycles. The van der Waals surface area contributed by atoms with Gasteiger partial charge in [-0.15, -0.1) is 0 Å². The Morgan fingerprint density at radius 2 is 1.64 bits per heavy atom. The number of nitrogens with zero attached hydrogens (tertiary/aromatic N) is 3. The average molecular weight is 337 g/mol. The molecule has 0 radical (unpaired) electrons. The highest BCUT2D eigenvalue weighted by Crippen LogP contribution is 2.40. The summed E-state index contributed by atoms with van der Waals surface area (Å²) in [4.78, 5) is 8.96. The first-order valence-electron chi connectivity index (χ1n) is 8.65. The molecule has 1 aliphatic heterocycles. The molecule has 2 aliphatic rings. The molecular weight excluding hydrogens is 313 g/mol. The predicted octanol–water partition coefficient (Wildman–Crippen LogP) is 3.70. The van der Waals surface area contributed by atoms with Crippen LogP contribution in [0.25, 0.3) is 5.57 Å². The highest BCUT2D eigenvalue weighted by molar-refractivity contribution is 6.54. The lowest BCUT2D eigenvalue weighted by atomic mass is 9.72. The summed E-state index contributed by atoms with van der Waals surface area (Å²) < 4.78 is 12.3. The molecule has 0 aromatic carbocycles. The zero-order chi connectivity index (χ0) is 18.4. The number of hydrogen-bond donors (Lipinski definition) is 0. The third kappa shape index (κ3) is 3.14. The zero-order valence-electron chi connectivity index (χ0n) is 15.8. The Balaban J connectivity index is 1.87. The number of nitriles is 1. The molecule has 0 atom stereocenters. The minimum absolute atomic E-state index is 0.303. The monoisotopic (exact) mass is 337 g/mol. The van der Waals surface area contributed by atoms with Crippen LogP contribution in [0.5, 0.6) is 0 Å². The first kappa shape index (κ1) is 17.8. The van der Waals surface area contributed by atoms with Crippen molar-refractivity contribution in [2.24, 2.45) is 0 Å². The topological polar surface area (TPSA) is 68.0 Å². The standard InChI is InChI=1S/C19H24BN3O2/c1-12-16(11-21)23-17(13(2)22-12)14-7-9-15(10-8-14)20-24-18(3,4)19(5,6)25-20/h7,9H,8,10H2,1-6H3. The second-order valence-electron chi connectivity index (χ2n) is 7.73. The molecule has 0 N–H and O–H groups in total. The highest BCUT2D eigenvalue weighted by Gasteiger charge is 2.52. The van der Waals surface area contributed by atoms with Gasteiger partial charge in [-0.2, -0.15) is 5.26 Å². The molecule has 0 bridgehead atoms. The normalized spacial score (nSPS) is 21.6. The lowest BCUT2D eigenvalue weighted by Crippen LogP contribution is -2.41. The Morgan fingerprint density at radius 3 is 2.16 bits per heavy atom. The van der Waals surface area contributed by atoms with Crippen LogP contribution in [-0.2, 0) is 9.31 Å². The maximum atomic E-state index is 9.20. The van der Waals surface area contributed by atoms with Gasteiger partial charge in [0.05, 0.1) is 28.3 Å². The number of aromatic nitrogens is 2. The Bertz CT molecular complexity index is 803. The molecule has 5 nitrogen and oxygen atoms in total. The number of hydrogen-bond acceptors (Lipinski definition) is 5. The van der Waals surface area contributed by atoms with Crippen molar-refractivity contribution in [3.63, 3.8) is 0 Å². The summed E-state index contributed by atoms with van der Waals surface area (Å²) in [5, 5.41) is 9.20. The molecule has 130 valence electrons. The average Bonchev–Trinajstić information content (AvgIpc) is 2.76. The summed E-state index contributed by atoms with van der Waals surface area (Å²) in [6, 6.07) is 2.12. The van der Waals surface area contributed by atoms with Crippen molar-refractivity contribution in [2.45, 2.75) is 65.6 Å². The minimum atomic E-state index is -0.330. The highest BCUT2D eigenvalue weighted by atomic mass is 16.7. The summed E-state index contributed by atoms with van der Waals surface area (Å²) in [5.74, 6) is 0. The second-order valence-corrected chi connectivity index (χ2v) is 7.73. The molecule has 0 saturated carbocycles. The molecular formula is C19H24BN3O2. The minimum Gasteiger partial charge on any atom is -0.400 e. The molecule has 25 heavy (non-hydrogen) atoms. The van der Waals surface area contributed by atoms with Crippen molar-refractivity contribution in [1.82, 2.24) is 9.97 Å². The number of rotatable bonds is 2. The van der Waals surface area contributed by atoms with Crippen molar-refractivity contribution in [3.05, 3.63) is 40.4 Å². The molecule has 0 unspecified atom stereocenters. The number of aryl methyl sites for hydroxylation is 2. The van der Waals surface area contributed by atoms with Crippen LogP contribution in [0.2, 0.25) is 0 Å². The van der Waals surface area contributed by atoms with Gasteiger partial charge in [0.25, 0.3) is 0 Å². The van der Waals surface area contributed by atoms with Crippen LogP contribution in [0.4, 0.5) is 0 Å². The lowest BCUT2D eigenvalue weighted by Gasteiger charge is -2.32. The number of allylic oxidation sites excluding steroid dienone is 4. The molecule has 2 heterocycles. The van der Waals surface area contributed by atoms with Gasteiger partial charge in [-0.05, 0) is 65.4 Å². The van der Waals surface area contributed by atoms with Gasteiger partial charge >= 0.3 is 7.12 Å². The van der Waals surface area contributed by atoms with E-state index in [9.17, 15) is 5.26 Å². The van der Waals surface area contributed by atoms with E-state index in [1.165, 1.54) is 0 Å². The largest absolute Gasteiger partial charge is 0.490 e.